The molecule has 0 saturated carbocycles. The van der Waals surface area contributed by atoms with Gasteiger partial charge in [-0.25, -0.2) is 0 Å². The standard InChI is InChI=1S/C12H20O2/c1-4-5-12-9(2)6-7-11(14-12)8-10(3)13/h4-5,9,11-12H,6-8H2,1-3H3/b5-4+/t9-,11+,12+/m0/s1. The minimum atomic E-state index is 0.143. The zero-order chi connectivity index (χ0) is 10.6. The normalized spacial score (nSPS) is 33.5. The van der Waals surface area contributed by atoms with Gasteiger partial charge in [0, 0.05) is 6.42 Å². The fraction of sp³-hybridized carbons (Fsp3) is 0.750. The van der Waals surface area contributed by atoms with Crippen LogP contribution < -0.4 is 0 Å². The number of hydrogen-bond acceptors (Lipinski definition) is 2. The molecule has 0 amide bonds. The third-order valence-electron chi connectivity index (χ3n) is 2.75. The topological polar surface area (TPSA) is 26.3 Å². The van der Waals surface area contributed by atoms with Crippen LogP contribution in [0.3, 0.4) is 0 Å². The Morgan fingerprint density at radius 1 is 1.50 bits per heavy atom. The lowest BCUT2D eigenvalue weighted by atomic mass is 9.91. The summed E-state index contributed by atoms with van der Waals surface area (Å²) in [5.74, 6) is 0.804. The number of carbonyl (C=O) groups is 1. The quantitative estimate of drug-likeness (QED) is 0.649. The van der Waals surface area contributed by atoms with E-state index in [0.717, 1.165) is 12.8 Å². The van der Waals surface area contributed by atoms with Crippen molar-refractivity contribution in [2.45, 2.75) is 52.2 Å². The van der Waals surface area contributed by atoms with Crippen LogP contribution in [0, 0.1) is 5.92 Å². The van der Waals surface area contributed by atoms with Gasteiger partial charge in [-0.3, -0.25) is 4.79 Å². The Labute approximate surface area is 86.3 Å². The Morgan fingerprint density at radius 2 is 2.21 bits per heavy atom. The van der Waals surface area contributed by atoms with Gasteiger partial charge in [0.05, 0.1) is 12.2 Å². The molecule has 0 spiro atoms. The average Bonchev–Trinajstić information content (AvgIpc) is 2.10. The molecular formula is C12H20O2. The third kappa shape index (κ3) is 3.26. The maximum Gasteiger partial charge on any atom is 0.132 e. The van der Waals surface area contributed by atoms with E-state index in [2.05, 4.69) is 13.0 Å². The molecule has 3 atom stereocenters. The van der Waals surface area contributed by atoms with Gasteiger partial charge in [-0.05, 0) is 32.6 Å². The molecule has 0 aromatic heterocycles. The molecule has 0 aliphatic carbocycles. The molecule has 1 fully saturated rings. The van der Waals surface area contributed by atoms with E-state index < -0.39 is 0 Å². The van der Waals surface area contributed by atoms with E-state index in [1.807, 2.05) is 13.0 Å². The fourth-order valence-corrected chi connectivity index (χ4v) is 1.93. The molecule has 0 radical (unpaired) electrons. The summed E-state index contributed by atoms with van der Waals surface area (Å²) in [7, 11) is 0. The van der Waals surface area contributed by atoms with Gasteiger partial charge in [0.15, 0.2) is 0 Å². The van der Waals surface area contributed by atoms with Gasteiger partial charge in [-0.1, -0.05) is 19.1 Å². The van der Waals surface area contributed by atoms with Crippen molar-refractivity contribution >= 4 is 5.78 Å². The number of allylic oxidation sites excluding steroid dienone is 1. The van der Waals surface area contributed by atoms with Crippen molar-refractivity contribution in [2.24, 2.45) is 5.92 Å². The first-order valence-electron chi connectivity index (χ1n) is 5.41. The molecule has 1 aliphatic heterocycles. The van der Waals surface area contributed by atoms with E-state index in [0.29, 0.717) is 12.3 Å². The summed E-state index contributed by atoms with van der Waals surface area (Å²) >= 11 is 0. The molecule has 1 aliphatic rings. The van der Waals surface area contributed by atoms with Crippen LogP contribution in [-0.2, 0) is 9.53 Å². The van der Waals surface area contributed by atoms with Crippen molar-refractivity contribution in [1.29, 1.82) is 0 Å². The molecule has 2 heteroatoms. The molecule has 14 heavy (non-hydrogen) atoms. The number of ether oxygens (including phenoxy) is 1. The lowest BCUT2D eigenvalue weighted by Crippen LogP contribution is -2.33. The second-order valence-corrected chi connectivity index (χ2v) is 4.21. The first-order valence-corrected chi connectivity index (χ1v) is 5.41. The Hall–Kier alpha value is -0.630. The molecule has 0 unspecified atom stereocenters. The van der Waals surface area contributed by atoms with Crippen LogP contribution in [0.2, 0.25) is 0 Å². The second kappa shape index (κ2) is 5.30. The maximum absolute atomic E-state index is 11.0. The first-order chi connectivity index (χ1) is 6.63. The van der Waals surface area contributed by atoms with Gasteiger partial charge in [-0.2, -0.15) is 0 Å². The molecule has 2 nitrogen and oxygen atoms in total. The first kappa shape index (κ1) is 11.4. The Morgan fingerprint density at radius 3 is 2.79 bits per heavy atom. The van der Waals surface area contributed by atoms with Crippen molar-refractivity contribution in [3.05, 3.63) is 12.2 Å². The number of hydrogen-bond donors (Lipinski definition) is 0. The monoisotopic (exact) mass is 196 g/mol. The summed E-state index contributed by atoms with van der Waals surface area (Å²) in [6.45, 7) is 5.84. The largest absolute Gasteiger partial charge is 0.370 e. The van der Waals surface area contributed by atoms with E-state index >= 15 is 0 Å². The van der Waals surface area contributed by atoms with Gasteiger partial charge >= 0.3 is 0 Å². The van der Waals surface area contributed by atoms with Crippen LogP contribution in [0.5, 0.6) is 0 Å². The zero-order valence-electron chi connectivity index (χ0n) is 9.32. The highest BCUT2D eigenvalue weighted by Gasteiger charge is 2.26. The average molecular weight is 196 g/mol. The predicted molar refractivity (Wildman–Crippen MR) is 57.2 cm³/mol. The van der Waals surface area contributed by atoms with Gasteiger partial charge in [0.25, 0.3) is 0 Å². The Kier molecular flexibility index (Phi) is 4.33. The van der Waals surface area contributed by atoms with E-state index in [-0.39, 0.29) is 18.0 Å². The summed E-state index contributed by atoms with van der Waals surface area (Å²) < 4.78 is 5.84. The maximum atomic E-state index is 11.0. The van der Waals surface area contributed by atoms with Gasteiger partial charge < -0.3 is 4.74 Å². The second-order valence-electron chi connectivity index (χ2n) is 4.21. The highest BCUT2D eigenvalue weighted by Crippen LogP contribution is 2.27. The predicted octanol–water partition coefficient (Wildman–Crippen LogP) is 2.73. The number of carbonyl (C=O) groups excluding carboxylic acids is 1. The molecule has 0 aromatic rings. The molecular weight excluding hydrogens is 176 g/mol. The van der Waals surface area contributed by atoms with E-state index in [1.165, 1.54) is 0 Å². The molecule has 80 valence electrons. The third-order valence-corrected chi connectivity index (χ3v) is 2.75. The van der Waals surface area contributed by atoms with Crippen LogP contribution >= 0.6 is 0 Å². The Balaban J connectivity index is 2.48. The van der Waals surface area contributed by atoms with Crippen molar-refractivity contribution < 1.29 is 9.53 Å². The van der Waals surface area contributed by atoms with Gasteiger partial charge in [0.1, 0.15) is 5.78 Å². The zero-order valence-corrected chi connectivity index (χ0v) is 9.32. The lowest BCUT2D eigenvalue weighted by molar-refractivity contribution is -0.123. The summed E-state index contributed by atoms with van der Waals surface area (Å²) in [4.78, 5) is 11.0. The fourth-order valence-electron chi connectivity index (χ4n) is 1.93. The van der Waals surface area contributed by atoms with E-state index in [1.54, 1.807) is 6.92 Å². The van der Waals surface area contributed by atoms with Crippen LogP contribution in [0.25, 0.3) is 0 Å². The molecule has 1 saturated heterocycles. The molecule has 0 bridgehead atoms. The van der Waals surface area contributed by atoms with Gasteiger partial charge in [-0.15, -0.1) is 0 Å². The van der Waals surface area contributed by atoms with Crippen molar-refractivity contribution in [1.82, 2.24) is 0 Å². The van der Waals surface area contributed by atoms with Crippen LogP contribution in [0.15, 0.2) is 12.2 Å². The highest BCUT2D eigenvalue weighted by atomic mass is 16.5. The SMILES string of the molecule is C/C=C/[C@H]1O[C@@H](CC(C)=O)CC[C@@H]1C. The molecule has 0 N–H and O–H groups in total. The number of rotatable bonds is 3. The summed E-state index contributed by atoms with van der Waals surface area (Å²) in [5.41, 5.74) is 0. The summed E-state index contributed by atoms with van der Waals surface area (Å²) in [6, 6.07) is 0. The summed E-state index contributed by atoms with van der Waals surface area (Å²) in [6.07, 6.45) is 7.22. The van der Waals surface area contributed by atoms with Crippen molar-refractivity contribution in [3.8, 4) is 0 Å². The van der Waals surface area contributed by atoms with Crippen LogP contribution in [-0.4, -0.2) is 18.0 Å². The number of Topliss-reactive ketones (excluding diaryl/α,β-unsaturated/α-hetero) is 1. The van der Waals surface area contributed by atoms with Crippen LogP contribution in [0.4, 0.5) is 0 Å². The molecule has 1 heterocycles. The van der Waals surface area contributed by atoms with Crippen molar-refractivity contribution in [2.75, 3.05) is 0 Å². The lowest BCUT2D eigenvalue weighted by Gasteiger charge is -2.32. The summed E-state index contributed by atoms with van der Waals surface area (Å²) in [5, 5.41) is 0. The van der Waals surface area contributed by atoms with E-state index in [9.17, 15) is 4.79 Å². The molecule has 1 rings (SSSR count). The highest BCUT2D eigenvalue weighted by molar-refractivity contribution is 5.75. The Bertz CT molecular complexity index is 220. The van der Waals surface area contributed by atoms with E-state index in [4.69, 9.17) is 4.74 Å². The minimum Gasteiger partial charge on any atom is -0.370 e. The minimum absolute atomic E-state index is 0.143. The molecule has 0 aromatic carbocycles. The van der Waals surface area contributed by atoms with Crippen molar-refractivity contribution in [3.63, 3.8) is 0 Å². The number of ketones is 1. The smallest absolute Gasteiger partial charge is 0.132 e. The van der Waals surface area contributed by atoms with Gasteiger partial charge in [0.2, 0.25) is 0 Å². The van der Waals surface area contributed by atoms with Crippen LogP contribution in [0.1, 0.15) is 40.0 Å².